The Balaban J connectivity index is 1.54. The van der Waals surface area contributed by atoms with E-state index < -0.39 is 0 Å². The number of hydrogen-bond acceptors (Lipinski definition) is 3. The van der Waals surface area contributed by atoms with Crippen LogP contribution in [0.3, 0.4) is 0 Å². The van der Waals surface area contributed by atoms with E-state index in [0.717, 1.165) is 39.3 Å². The first-order valence-electron chi connectivity index (χ1n) is 10.2. The lowest BCUT2D eigenvalue weighted by molar-refractivity contribution is -0.114. The molecule has 0 aliphatic carbocycles. The number of pyridine rings is 1. The van der Waals surface area contributed by atoms with Crippen LogP contribution in [0.1, 0.15) is 12.5 Å². The molecule has 0 spiro atoms. The Bertz CT molecular complexity index is 1440. The number of carbonyl (C=O) groups excluding carboxylic acids is 1. The molecular formula is C25H20ClN5O. The maximum absolute atomic E-state index is 11.8. The molecule has 0 aliphatic rings. The number of hydrogen-bond donors (Lipinski definition) is 1. The average molecular weight is 442 g/mol. The lowest BCUT2D eigenvalue weighted by Crippen LogP contribution is -2.07. The number of nitrogens with zero attached hydrogens (tertiary/aromatic N) is 4. The van der Waals surface area contributed by atoms with Gasteiger partial charge < -0.3 is 5.32 Å². The van der Waals surface area contributed by atoms with Crippen LogP contribution in [0.25, 0.3) is 28.0 Å². The summed E-state index contributed by atoms with van der Waals surface area (Å²) < 4.78 is 3.89. The standard InChI is InChI=1S/C25H20ClN5O/c1-17(32)29-23-9-8-19(12-22(23)24-14-27-25-7-2-3-10-31(24)25)20-13-28-30(16-20)15-18-5-4-6-21(26)11-18/h2-14,16H,15H2,1H3,(H,29,32). The first-order chi connectivity index (χ1) is 15.6. The van der Waals surface area contributed by atoms with Crippen LogP contribution < -0.4 is 5.32 Å². The van der Waals surface area contributed by atoms with Gasteiger partial charge in [0.05, 0.1) is 30.3 Å². The summed E-state index contributed by atoms with van der Waals surface area (Å²) >= 11 is 6.10. The number of rotatable bonds is 5. The molecule has 1 amide bonds. The summed E-state index contributed by atoms with van der Waals surface area (Å²) in [5, 5.41) is 8.16. The number of imidazole rings is 1. The number of fused-ring (bicyclic) bond motifs is 1. The van der Waals surface area contributed by atoms with E-state index in [9.17, 15) is 4.79 Å². The third-order valence-electron chi connectivity index (χ3n) is 5.22. The molecule has 0 saturated heterocycles. The highest BCUT2D eigenvalue weighted by Gasteiger charge is 2.14. The van der Waals surface area contributed by atoms with Crippen molar-refractivity contribution in [3.63, 3.8) is 0 Å². The number of nitrogens with one attached hydrogen (secondary N) is 1. The molecule has 32 heavy (non-hydrogen) atoms. The van der Waals surface area contributed by atoms with Gasteiger partial charge in [-0.1, -0.05) is 35.9 Å². The van der Waals surface area contributed by atoms with E-state index in [1.807, 2.05) is 88.5 Å². The van der Waals surface area contributed by atoms with Crippen LogP contribution >= 0.6 is 11.6 Å². The fourth-order valence-corrected chi connectivity index (χ4v) is 4.00. The molecule has 3 aromatic heterocycles. The summed E-state index contributed by atoms with van der Waals surface area (Å²) in [4.78, 5) is 16.3. The molecule has 5 aromatic rings. The Kier molecular flexibility index (Phi) is 5.21. The third kappa shape index (κ3) is 4.00. The second-order valence-electron chi connectivity index (χ2n) is 7.57. The summed E-state index contributed by atoms with van der Waals surface area (Å²) in [5.74, 6) is -0.123. The summed E-state index contributed by atoms with van der Waals surface area (Å²) in [6.07, 6.45) is 7.63. The zero-order valence-corrected chi connectivity index (χ0v) is 18.1. The largest absolute Gasteiger partial charge is 0.326 e. The van der Waals surface area contributed by atoms with Crippen molar-refractivity contribution in [1.82, 2.24) is 19.2 Å². The molecule has 158 valence electrons. The molecule has 0 aliphatic heterocycles. The van der Waals surface area contributed by atoms with Gasteiger partial charge in [-0.2, -0.15) is 5.10 Å². The van der Waals surface area contributed by atoms with E-state index in [1.54, 1.807) is 0 Å². The SMILES string of the molecule is CC(=O)Nc1ccc(-c2cnn(Cc3cccc(Cl)c3)c2)cc1-c1cnc2ccccn12. The lowest BCUT2D eigenvalue weighted by Gasteiger charge is -2.12. The van der Waals surface area contributed by atoms with E-state index in [-0.39, 0.29) is 5.91 Å². The first kappa shape index (κ1) is 20.0. The minimum absolute atomic E-state index is 0.123. The molecule has 0 bridgehead atoms. The van der Waals surface area contributed by atoms with Gasteiger partial charge in [-0.15, -0.1) is 0 Å². The van der Waals surface area contributed by atoms with Crippen molar-refractivity contribution in [2.75, 3.05) is 5.32 Å². The van der Waals surface area contributed by atoms with Crippen LogP contribution in [0, 0.1) is 0 Å². The number of halogens is 1. The van der Waals surface area contributed by atoms with E-state index in [0.29, 0.717) is 11.6 Å². The maximum Gasteiger partial charge on any atom is 0.221 e. The highest BCUT2D eigenvalue weighted by molar-refractivity contribution is 6.30. The Hall–Kier alpha value is -3.90. The quantitative estimate of drug-likeness (QED) is 0.390. The number of anilines is 1. The fraction of sp³-hybridized carbons (Fsp3) is 0.0800. The molecule has 1 N–H and O–H groups in total. The zero-order valence-electron chi connectivity index (χ0n) is 17.4. The van der Waals surface area contributed by atoms with Gasteiger partial charge >= 0.3 is 0 Å². The predicted octanol–water partition coefficient (Wildman–Crippen LogP) is 5.52. The van der Waals surface area contributed by atoms with Crippen molar-refractivity contribution in [3.05, 3.63) is 96.0 Å². The zero-order chi connectivity index (χ0) is 22.1. The second kappa shape index (κ2) is 8.32. The Morgan fingerprint density at radius 1 is 1.03 bits per heavy atom. The van der Waals surface area contributed by atoms with Crippen molar-refractivity contribution in [3.8, 4) is 22.4 Å². The summed E-state index contributed by atoms with van der Waals surface area (Å²) in [7, 11) is 0. The summed E-state index contributed by atoms with van der Waals surface area (Å²) in [5.41, 5.74) is 6.43. The van der Waals surface area contributed by atoms with Gasteiger partial charge in [0.25, 0.3) is 0 Å². The fourth-order valence-electron chi connectivity index (χ4n) is 3.79. The van der Waals surface area contributed by atoms with Gasteiger partial charge in [-0.05, 0) is 47.5 Å². The van der Waals surface area contributed by atoms with Crippen LogP contribution in [-0.4, -0.2) is 25.1 Å². The number of carbonyl (C=O) groups is 1. The predicted molar refractivity (Wildman–Crippen MR) is 127 cm³/mol. The van der Waals surface area contributed by atoms with Gasteiger partial charge in [0.1, 0.15) is 5.65 Å². The molecular weight excluding hydrogens is 422 g/mol. The minimum Gasteiger partial charge on any atom is -0.326 e. The van der Waals surface area contributed by atoms with E-state index in [4.69, 9.17) is 11.6 Å². The van der Waals surface area contributed by atoms with Crippen LogP contribution in [0.5, 0.6) is 0 Å². The van der Waals surface area contributed by atoms with Crippen LogP contribution in [-0.2, 0) is 11.3 Å². The molecule has 0 atom stereocenters. The van der Waals surface area contributed by atoms with Crippen LogP contribution in [0.15, 0.2) is 85.5 Å². The monoisotopic (exact) mass is 441 g/mol. The van der Waals surface area contributed by atoms with Gasteiger partial charge in [-0.25, -0.2) is 4.98 Å². The number of aromatic nitrogens is 4. The first-order valence-corrected chi connectivity index (χ1v) is 10.6. The third-order valence-corrected chi connectivity index (χ3v) is 5.46. The highest BCUT2D eigenvalue weighted by atomic mass is 35.5. The van der Waals surface area contributed by atoms with E-state index in [2.05, 4.69) is 21.5 Å². The summed E-state index contributed by atoms with van der Waals surface area (Å²) in [6, 6.07) is 19.6. The molecule has 0 radical (unpaired) electrons. The van der Waals surface area contributed by atoms with Crippen molar-refractivity contribution >= 4 is 28.8 Å². The lowest BCUT2D eigenvalue weighted by atomic mass is 10.0. The molecule has 0 saturated carbocycles. The number of benzene rings is 2. The molecule has 2 aromatic carbocycles. The van der Waals surface area contributed by atoms with Gasteiger partial charge in [0.15, 0.2) is 0 Å². The van der Waals surface area contributed by atoms with Gasteiger partial charge in [-0.3, -0.25) is 13.9 Å². The van der Waals surface area contributed by atoms with E-state index >= 15 is 0 Å². The number of amides is 1. The average Bonchev–Trinajstić information content (AvgIpc) is 3.41. The van der Waals surface area contributed by atoms with Gasteiger partial charge in [0.2, 0.25) is 5.91 Å². The van der Waals surface area contributed by atoms with Crippen molar-refractivity contribution < 1.29 is 4.79 Å². The topological polar surface area (TPSA) is 64.2 Å². The Morgan fingerprint density at radius 3 is 2.78 bits per heavy atom. The van der Waals surface area contributed by atoms with Crippen molar-refractivity contribution in [2.45, 2.75) is 13.5 Å². The molecule has 6 nitrogen and oxygen atoms in total. The summed E-state index contributed by atoms with van der Waals surface area (Å²) in [6.45, 7) is 2.14. The van der Waals surface area contributed by atoms with Crippen LogP contribution in [0.4, 0.5) is 5.69 Å². The highest BCUT2D eigenvalue weighted by Crippen LogP contribution is 2.33. The maximum atomic E-state index is 11.8. The van der Waals surface area contributed by atoms with Gasteiger partial charge in [0, 0.05) is 35.5 Å². The molecule has 0 fully saturated rings. The van der Waals surface area contributed by atoms with E-state index in [1.165, 1.54) is 6.92 Å². The molecule has 0 unspecified atom stereocenters. The van der Waals surface area contributed by atoms with Crippen molar-refractivity contribution in [1.29, 1.82) is 0 Å². The minimum atomic E-state index is -0.123. The molecule has 5 rings (SSSR count). The van der Waals surface area contributed by atoms with Crippen molar-refractivity contribution in [2.24, 2.45) is 0 Å². The Morgan fingerprint density at radius 2 is 1.94 bits per heavy atom. The molecule has 3 heterocycles. The Labute approximate surface area is 190 Å². The normalized spacial score (nSPS) is 11.1. The second-order valence-corrected chi connectivity index (χ2v) is 8.01. The molecule has 7 heteroatoms. The van der Waals surface area contributed by atoms with Crippen LogP contribution in [0.2, 0.25) is 5.02 Å². The smallest absolute Gasteiger partial charge is 0.221 e.